The molecule has 2 heterocycles. The first-order valence-electron chi connectivity index (χ1n) is 5.88. The number of carbonyl (C=O) groups excluding carboxylic acids is 1. The minimum atomic E-state index is -0.688. The standard InChI is InChI=1S/C12H11F2N3OS/c13-6-4-7(14)10-9(5-6)19-12(16-10)17-3-1-2-8(17)11(15)18/h4-5,8H,1-3H2,(H2,15,18). The van der Waals surface area contributed by atoms with Crippen molar-refractivity contribution in [1.29, 1.82) is 0 Å². The monoisotopic (exact) mass is 283 g/mol. The number of rotatable bonds is 2. The molecular weight excluding hydrogens is 272 g/mol. The van der Waals surface area contributed by atoms with Crippen molar-refractivity contribution in [2.24, 2.45) is 5.73 Å². The van der Waals surface area contributed by atoms with Crippen LogP contribution in [0.5, 0.6) is 0 Å². The molecule has 1 amide bonds. The third-order valence-electron chi connectivity index (χ3n) is 3.23. The Balaban J connectivity index is 2.06. The summed E-state index contributed by atoms with van der Waals surface area (Å²) in [5.74, 6) is -1.73. The molecule has 0 bridgehead atoms. The van der Waals surface area contributed by atoms with E-state index in [4.69, 9.17) is 5.73 Å². The molecular formula is C12H11F2N3OS. The number of hydrogen-bond donors (Lipinski definition) is 1. The molecule has 19 heavy (non-hydrogen) atoms. The van der Waals surface area contributed by atoms with Crippen LogP contribution in [0, 0.1) is 11.6 Å². The van der Waals surface area contributed by atoms with Crippen LogP contribution in [0.1, 0.15) is 12.8 Å². The SMILES string of the molecule is NC(=O)C1CCCN1c1nc2c(F)cc(F)cc2s1. The Morgan fingerprint density at radius 2 is 2.26 bits per heavy atom. The first-order chi connectivity index (χ1) is 9.06. The number of amides is 1. The largest absolute Gasteiger partial charge is 0.368 e. The molecule has 1 aromatic heterocycles. The molecule has 0 radical (unpaired) electrons. The zero-order valence-electron chi connectivity index (χ0n) is 9.90. The van der Waals surface area contributed by atoms with Crippen molar-refractivity contribution in [3.63, 3.8) is 0 Å². The van der Waals surface area contributed by atoms with Crippen LogP contribution in [-0.4, -0.2) is 23.5 Å². The minimum Gasteiger partial charge on any atom is -0.368 e. The fourth-order valence-corrected chi connectivity index (χ4v) is 3.44. The quantitative estimate of drug-likeness (QED) is 0.917. The molecule has 100 valence electrons. The van der Waals surface area contributed by atoms with Gasteiger partial charge in [-0.05, 0) is 18.9 Å². The summed E-state index contributed by atoms with van der Waals surface area (Å²) in [4.78, 5) is 17.3. The lowest BCUT2D eigenvalue weighted by atomic mass is 10.2. The van der Waals surface area contributed by atoms with Gasteiger partial charge < -0.3 is 10.6 Å². The van der Waals surface area contributed by atoms with Crippen molar-refractivity contribution in [2.45, 2.75) is 18.9 Å². The summed E-state index contributed by atoms with van der Waals surface area (Å²) in [6.45, 7) is 0.650. The lowest BCUT2D eigenvalue weighted by molar-refractivity contribution is -0.119. The van der Waals surface area contributed by atoms with Gasteiger partial charge in [0.1, 0.15) is 17.4 Å². The zero-order valence-corrected chi connectivity index (χ0v) is 10.7. The van der Waals surface area contributed by atoms with Gasteiger partial charge in [0.15, 0.2) is 10.9 Å². The number of nitrogens with two attached hydrogens (primary N) is 1. The van der Waals surface area contributed by atoms with Gasteiger partial charge in [-0.25, -0.2) is 13.8 Å². The van der Waals surface area contributed by atoms with Crippen LogP contribution in [0.4, 0.5) is 13.9 Å². The summed E-state index contributed by atoms with van der Waals surface area (Å²) in [5.41, 5.74) is 5.47. The maximum Gasteiger partial charge on any atom is 0.240 e. The van der Waals surface area contributed by atoms with Crippen molar-refractivity contribution in [3.8, 4) is 0 Å². The number of hydrogen-bond acceptors (Lipinski definition) is 4. The number of benzene rings is 1. The van der Waals surface area contributed by atoms with E-state index in [1.54, 1.807) is 4.90 Å². The highest BCUT2D eigenvalue weighted by molar-refractivity contribution is 7.22. The van der Waals surface area contributed by atoms with Crippen LogP contribution in [-0.2, 0) is 4.79 Å². The van der Waals surface area contributed by atoms with Crippen molar-refractivity contribution in [2.75, 3.05) is 11.4 Å². The zero-order chi connectivity index (χ0) is 13.6. The smallest absolute Gasteiger partial charge is 0.240 e. The summed E-state index contributed by atoms with van der Waals surface area (Å²) in [6.07, 6.45) is 1.50. The summed E-state index contributed by atoms with van der Waals surface area (Å²) in [5, 5.41) is 0.515. The van der Waals surface area contributed by atoms with E-state index >= 15 is 0 Å². The van der Waals surface area contributed by atoms with E-state index in [1.807, 2.05) is 0 Å². The van der Waals surface area contributed by atoms with Gasteiger partial charge in [0.2, 0.25) is 5.91 Å². The highest BCUT2D eigenvalue weighted by atomic mass is 32.1. The number of halogens is 2. The van der Waals surface area contributed by atoms with Gasteiger partial charge in [-0.1, -0.05) is 11.3 Å². The summed E-state index contributed by atoms with van der Waals surface area (Å²) in [6, 6.07) is 1.64. The molecule has 1 aromatic carbocycles. The first kappa shape index (κ1) is 12.3. The molecule has 3 rings (SSSR count). The second-order valence-corrected chi connectivity index (χ2v) is 5.49. The fourth-order valence-electron chi connectivity index (χ4n) is 2.36. The predicted molar refractivity (Wildman–Crippen MR) is 69.1 cm³/mol. The van der Waals surface area contributed by atoms with E-state index in [-0.39, 0.29) is 5.52 Å². The van der Waals surface area contributed by atoms with Crippen molar-refractivity contribution in [3.05, 3.63) is 23.8 Å². The molecule has 1 fully saturated rings. The molecule has 2 N–H and O–H groups in total. The average Bonchev–Trinajstić information content (AvgIpc) is 2.92. The molecule has 0 spiro atoms. The number of nitrogens with zero attached hydrogens (tertiary/aromatic N) is 2. The molecule has 4 nitrogen and oxygen atoms in total. The van der Waals surface area contributed by atoms with E-state index in [2.05, 4.69) is 4.98 Å². The molecule has 1 aliphatic heterocycles. The number of aromatic nitrogens is 1. The van der Waals surface area contributed by atoms with Gasteiger partial charge >= 0.3 is 0 Å². The van der Waals surface area contributed by atoms with Gasteiger partial charge in [0, 0.05) is 12.6 Å². The lowest BCUT2D eigenvalue weighted by Gasteiger charge is -2.20. The van der Waals surface area contributed by atoms with Crippen molar-refractivity contribution < 1.29 is 13.6 Å². The molecule has 1 saturated heterocycles. The summed E-state index contributed by atoms with van der Waals surface area (Å²) in [7, 11) is 0. The van der Waals surface area contributed by atoms with Gasteiger partial charge in [-0.3, -0.25) is 4.79 Å². The Kier molecular flexibility index (Phi) is 2.85. The van der Waals surface area contributed by atoms with Crippen LogP contribution in [0.2, 0.25) is 0 Å². The van der Waals surface area contributed by atoms with Crippen molar-refractivity contribution >= 4 is 32.6 Å². The number of carbonyl (C=O) groups is 1. The van der Waals surface area contributed by atoms with E-state index < -0.39 is 23.6 Å². The number of fused-ring (bicyclic) bond motifs is 1. The second-order valence-electron chi connectivity index (χ2n) is 4.48. The maximum absolute atomic E-state index is 13.6. The highest BCUT2D eigenvalue weighted by Gasteiger charge is 2.31. The van der Waals surface area contributed by atoms with Gasteiger partial charge in [-0.2, -0.15) is 0 Å². The number of anilines is 1. The third kappa shape index (κ3) is 2.03. The maximum atomic E-state index is 13.6. The molecule has 7 heteroatoms. The van der Waals surface area contributed by atoms with E-state index in [0.29, 0.717) is 22.8 Å². The Labute approximate surface area is 111 Å². The van der Waals surface area contributed by atoms with E-state index in [0.717, 1.165) is 12.5 Å². The van der Waals surface area contributed by atoms with Crippen molar-refractivity contribution in [1.82, 2.24) is 4.98 Å². The van der Waals surface area contributed by atoms with Crippen LogP contribution >= 0.6 is 11.3 Å². The molecule has 1 aliphatic rings. The first-order valence-corrected chi connectivity index (χ1v) is 6.69. The van der Waals surface area contributed by atoms with E-state index in [1.165, 1.54) is 17.4 Å². The summed E-state index contributed by atoms with van der Waals surface area (Å²) < 4.78 is 27.2. The second kappa shape index (κ2) is 4.41. The van der Waals surface area contributed by atoms with Crippen LogP contribution in [0.25, 0.3) is 10.2 Å². The Hall–Kier alpha value is -1.76. The van der Waals surface area contributed by atoms with E-state index in [9.17, 15) is 13.6 Å². The highest BCUT2D eigenvalue weighted by Crippen LogP contribution is 2.34. The molecule has 0 aliphatic carbocycles. The topological polar surface area (TPSA) is 59.2 Å². The Morgan fingerprint density at radius 1 is 1.47 bits per heavy atom. The molecule has 1 unspecified atom stereocenters. The predicted octanol–water partition coefficient (Wildman–Crippen LogP) is 2.03. The Bertz CT molecular complexity index is 658. The Morgan fingerprint density at radius 3 is 3.00 bits per heavy atom. The van der Waals surface area contributed by atoms with Crippen LogP contribution in [0.15, 0.2) is 12.1 Å². The van der Waals surface area contributed by atoms with Crippen LogP contribution < -0.4 is 10.6 Å². The summed E-state index contributed by atoms with van der Waals surface area (Å²) >= 11 is 1.17. The number of primary amides is 1. The van der Waals surface area contributed by atoms with Gasteiger partial charge in [0.05, 0.1) is 4.70 Å². The third-order valence-corrected chi connectivity index (χ3v) is 4.27. The van der Waals surface area contributed by atoms with Gasteiger partial charge in [0.25, 0.3) is 0 Å². The molecule has 2 aromatic rings. The minimum absolute atomic E-state index is 0.136. The molecule has 0 saturated carbocycles. The average molecular weight is 283 g/mol. The fraction of sp³-hybridized carbons (Fsp3) is 0.333. The van der Waals surface area contributed by atoms with Crippen LogP contribution in [0.3, 0.4) is 0 Å². The van der Waals surface area contributed by atoms with Gasteiger partial charge in [-0.15, -0.1) is 0 Å². The lowest BCUT2D eigenvalue weighted by Crippen LogP contribution is -2.40. The number of thiazole rings is 1. The normalized spacial score (nSPS) is 19.3. The molecule has 1 atom stereocenters.